The number of fused-ring (bicyclic) bond motifs is 1. The summed E-state index contributed by atoms with van der Waals surface area (Å²) >= 11 is 0. The van der Waals surface area contributed by atoms with Crippen LogP contribution >= 0.6 is 0 Å². The minimum absolute atomic E-state index is 0.0223. The van der Waals surface area contributed by atoms with Gasteiger partial charge in [0.15, 0.2) is 11.5 Å². The summed E-state index contributed by atoms with van der Waals surface area (Å²) in [7, 11) is 2.78. The Morgan fingerprint density at radius 1 is 1.07 bits per heavy atom. The molecule has 0 atom stereocenters. The second-order valence-electron chi connectivity index (χ2n) is 9.99. The number of hydrogen-bond acceptors (Lipinski definition) is 8. The van der Waals surface area contributed by atoms with Crippen LogP contribution in [0.25, 0.3) is 22.8 Å². The summed E-state index contributed by atoms with van der Waals surface area (Å²) in [5, 5.41) is 4.62. The molecule has 0 bridgehead atoms. The van der Waals surface area contributed by atoms with Gasteiger partial charge >= 0.3 is 6.18 Å². The second kappa shape index (κ2) is 10.4. The highest BCUT2D eigenvalue weighted by molar-refractivity contribution is 5.93. The Morgan fingerprint density at radius 3 is 2.52 bits per heavy atom. The molecule has 1 amide bonds. The molecule has 11 nitrogen and oxygen atoms in total. The van der Waals surface area contributed by atoms with Gasteiger partial charge in [-0.25, -0.2) is 24.0 Å². The molecule has 42 heavy (non-hydrogen) atoms. The molecule has 0 unspecified atom stereocenters. The zero-order valence-corrected chi connectivity index (χ0v) is 22.9. The van der Waals surface area contributed by atoms with E-state index < -0.39 is 17.7 Å². The van der Waals surface area contributed by atoms with Gasteiger partial charge in [-0.15, -0.1) is 5.10 Å². The van der Waals surface area contributed by atoms with E-state index in [2.05, 4.69) is 25.0 Å². The number of carbonyl (C=O) groups excluding carboxylic acids is 1. The first-order valence-corrected chi connectivity index (χ1v) is 13.3. The summed E-state index contributed by atoms with van der Waals surface area (Å²) in [5.74, 6) is -0.177. The van der Waals surface area contributed by atoms with Crippen LogP contribution in [0.2, 0.25) is 0 Å². The lowest BCUT2D eigenvalue weighted by Gasteiger charge is -2.26. The lowest BCUT2D eigenvalue weighted by Crippen LogP contribution is -2.37. The number of ether oxygens (including phenoxy) is 2. The molecule has 220 valence electrons. The van der Waals surface area contributed by atoms with Crippen LogP contribution in [0.4, 0.5) is 23.5 Å². The normalized spacial score (nSPS) is 15.2. The zero-order chi connectivity index (χ0) is 29.8. The summed E-state index contributed by atoms with van der Waals surface area (Å²) in [6, 6.07) is 2.63. The van der Waals surface area contributed by atoms with Crippen molar-refractivity contribution in [2.24, 2.45) is 0 Å². The summed E-state index contributed by atoms with van der Waals surface area (Å²) in [5.41, 5.74) is 0.342. The molecule has 0 spiro atoms. The van der Waals surface area contributed by atoms with E-state index in [0.29, 0.717) is 29.4 Å². The highest BCUT2D eigenvalue weighted by Gasteiger charge is 2.37. The monoisotopic (exact) mass is 586 g/mol. The number of benzene rings is 1. The first-order valence-electron chi connectivity index (χ1n) is 13.3. The van der Waals surface area contributed by atoms with E-state index in [0.717, 1.165) is 30.8 Å². The third-order valence-electron chi connectivity index (χ3n) is 7.26. The van der Waals surface area contributed by atoms with E-state index in [1.165, 1.54) is 36.1 Å². The quantitative estimate of drug-likeness (QED) is 0.275. The van der Waals surface area contributed by atoms with Crippen LogP contribution < -0.4 is 14.4 Å². The summed E-state index contributed by atoms with van der Waals surface area (Å²) < 4.78 is 69.3. The zero-order valence-electron chi connectivity index (χ0n) is 22.9. The molecule has 0 N–H and O–H groups in total. The van der Waals surface area contributed by atoms with Gasteiger partial charge < -0.3 is 14.0 Å². The molecule has 3 aromatic heterocycles. The Kier molecular flexibility index (Phi) is 6.81. The predicted molar refractivity (Wildman–Crippen MR) is 140 cm³/mol. The molecule has 0 radical (unpaired) electrons. The molecule has 1 aromatic carbocycles. The number of halogens is 4. The van der Waals surface area contributed by atoms with E-state index in [1.54, 1.807) is 11.6 Å². The van der Waals surface area contributed by atoms with E-state index in [9.17, 15) is 18.0 Å². The van der Waals surface area contributed by atoms with Crippen molar-refractivity contribution in [3.05, 3.63) is 47.4 Å². The van der Waals surface area contributed by atoms with Crippen molar-refractivity contribution in [2.75, 3.05) is 19.1 Å². The Hall–Kier alpha value is -4.56. The number of aromatic nitrogens is 7. The van der Waals surface area contributed by atoms with E-state index in [-0.39, 0.29) is 54.4 Å². The van der Waals surface area contributed by atoms with Crippen LogP contribution in [-0.2, 0) is 30.6 Å². The maximum atomic E-state index is 15.6. The third kappa shape index (κ3) is 4.81. The van der Waals surface area contributed by atoms with Crippen molar-refractivity contribution in [3.8, 4) is 34.4 Å². The summed E-state index contributed by atoms with van der Waals surface area (Å²) in [6.07, 6.45) is -0.336. The van der Waals surface area contributed by atoms with Gasteiger partial charge in [-0.1, -0.05) is 0 Å². The van der Waals surface area contributed by atoms with Crippen LogP contribution in [0.1, 0.15) is 49.1 Å². The smallest absolute Gasteiger partial charge is 0.434 e. The number of amides is 1. The Labute approximate surface area is 237 Å². The molecule has 1 aliphatic heterocycles. The van der Waals surface area contributed by atoms with Crippen LogP contribution in [0, 0.1) is 5.82 Å². The minimum Gasteiger partial charge on any atom is -0.496 e. The number of methoxy groups -OCH3 is 2. The topological polar surface area (TPSA) is 113 Å². The van der Waals surface area contributed by atoms with E-state index in [1.807, 2.05) is 0 Å². The van der Waals surface area contributed by atoms with Crippen LogP contribution in [-0.4, -0.2) is 54.4 Å². The largest absolute Gasteiger partial charge is 0.496 e. The van der Waals surface area contributed by atoms with E-state index in [4.69, 9.17) is 9.47 Å². The Morgan fingerprint density at radius 2 is 1.86 bits per heavy atom. The lowest BCUT2D eigenvalue weighted by atomic mass is 10.1. The molecular weight excluding hydrogens is 560 g/mol. The number of imidazole rings is 1. The highest BCUT2D eigenvalue weighted by atomic mass is 19.4. The van der Waals surface area contributed by atoms with Gasteiger partial charge in [0, 0.05) is 25.1 Å². The number of anilines is 1. The highest BCUT2D eigenvalue weighted by Crippen LogP contribution is 2.45. The van der Waals surface area contributed by atoms with Crippen LogP contribution in [0.3, 0.4) is 0 Å². The molecular formula is C27H26F4N8O3. The van der Waals surface area contributed by atoms with Gasteiger partial charge in [0.25, 0.3) is 0 Å². The first-order chi connectivity index (χ1) is 20.1. The number of alkyl halides is 3. The Bertz CT molecular complexity index is 1680. The van der Waals surface area contributed by atoms with Crippen molar-refractivity contribution >= 4 is 11.9 Å². The third-order valence-corrected chi connectivity index (χ3v) is 7.26. The molecule has 4 heterocycles. The molecule has 4 aromatic rings. The average Bonchev–Trinajstić information content (AvgIpc) is 3.57. The minimum atomic E-state index is -4.70. The van der Waals surface area contributed by atoms with Crippen molar-refractivity contribution in [1.29, 1.82) is 0 Å². The number of nitrogens with zero attached hydrogens (tertiary/aromatic N) is 8. The lowest BCUT2D eigenvalue weighted by molar-refractivity contribution is -0.140. The standard InChI is InChI=1S/C27H26F4N8O3/c1-4-37-12-18(27(29,30)31)34-24(37)20-16(28)9-14(10-17(20)41-2)11-38-19(40)7-8-39-26(38)35-23(36-39)21-22(15-5-6-15)32-13-33-25(21)42-3/h9-10,12-13,15H,4-8,11H2,1-3H3. The number of hydrogen-bond donors (Lipinski definition) is 0. The number of carbonyl (C=O) groups is 1. The van der Waals surface area contributed by atoms with Gasteiger partial charge in [-0.3, -0.25) is 9.69 Å². The molecule has 1 fully saturated rings. The molecule has 1 aliphatic carbocycles. The fourth-order valence-corrected chi connectivity index (χ4v) is 5.09. The van der Waals surface area contributed by atoms with Crippen molar-refractivity contribution in [2.45, 2.75) is 57.9 Å². The SMILES string of the molecule is CCn1cc(C(F)(F)F)nc1-c1c(F)cc(CN2C(=O)CCn3nc(-c4c(OC)ncnc4C4CC4)nc32)cc1OC. The number of aryl methyl sites for hydroxylation is 2. The van der Waals surface area contributed by atoms with Gasteiger partial charge in [0.05, 0.1) is 38.6 Å². The maximum absolute atomic E-state index is 15.6. The second-order valence-corrected chi connectivity index (χ2v) is 9.99. The summed E-state index contributed by atoms with van der Waals surface area (Å²) in [6.45, 7) is 1.96. The first kappa shape index (κ1) is 27.6. The average molecular weight is 587 g/mol. The fourth-order valence-electron chi connectivity index (χ4n) is 5.09. The van der Waals surface area contributed by atoms with Crippen LogP contribution in [0.15, 0.2) is 24.7 Å². The molecule has 6 rings (SSSR count). The van der Waals surface area contributed by atoms with Crippen molar-refractivity contribution < 1.29 is 31.8 Å². The molecule has 1 saturated carbocycles. The molecule has 2 aliphatic rings. The number of rotatable bonds is 8. The Balaban J connectivity index is 1.37. The van der Waals surface area contributed by atoms with E-state index >= 15 is 4.39 Å². The summed E-state index contributed by atoms with van der Waals surface area (Å²) in [4.78, 5) is 31.4. The van der Waals surface area contributed by atoms with Crippen LogP contribution in [0.5, 0.6) is 11.6 Å². The predicted octanol–water partition coefficient (Wildman–Crippen LogP) is 4.61. The van der Waals surface area contributed by atoms with Crippen molar-refractivity contribution in [1.82, 2.24) is 34.3 Å². The maximum Gasteiger partial charge on any atom is 0.434 e. The fraction of sp³-hybridized carbons (Fsp3) is 0.407. The van der Waals surface area contributed by atoms with Crippen molar-refractivity contribution in [3.63, 3.8) is 0 Å². The molecule has 15 heteroatoms. The van der Waals surface area contributed by atoms with Gasteiger partial charge in [-0.05, 0) is 37.5 Å². The van der Waals surface area contributed by atoms with Gasteiger partial charge in [0.2, 0.25) is 17.7 Å². The molecule has 0 saturated heterocycles. The van der Waals surface area contributed by atoms with Gasteiger partial charge in [0.1, 0.15) is 29.3 Å². The van der Waals surface area contributed by atoms with Gasteiger partial charge in [-0.2, -0.15) is 18.2 Å².